The van der Waals surface area contributed by atoms with Crippen LogP contribution in [-0.2, 0) is 25.8 Å². The molecule has 1 aromatic heterocycles. The molecule has 3 N–H and O–H groups in total. The van der Waals surface area contributed by atoms with E-state index in [0.717, 1.165) is 23.5 Å². The van der Waals surface area contributed by atoms with E-state index in [1.807, 2.05) is 0 Å². The molecule has 14 heteroatoms. The number of nitrogens with one attached hydrogen (secondary N) is 2. The molecule has 174 valence electrons. The van der Waals surface area contributed by atoms with Crippen molar-refractivity contribution in [3.05, 3.63) is 54.1 Å². The van der Waals surface area contributed by atoms with Gasteiger partial charge >= 0.3 is 12.1 Å². The fourth-order valence-electron chi connectivity index (χ4n) is 2.52. The van der Waals surface area contributed by atoms with Crippen molar-refractivity contribution in [2.24, 2.45) is 0 Å². The number of hydrogen-bond acceptors (Lipinski definition) is 7. The first-order valence-corrected chi connectivity index (χ1v) is 11.4. The maximum Gasteiger partial charge on any atom is 0.416 e. The monoisotopic (exact) mass is 500 g/mol. The summed E-state index contributed by atoms with van der Waals surface area (Å²) in [5, 5.41) is 18.7. The van der Waals surface area contributed by atoms with Gasteiger partial charge in [0.1, 0.15) is 5.01 Å². The molecule has 0 radical (unpaired) electrons. The van der Waals surface area contributed by atoms with E-state index in [1.165, 1.54) is 36.4 Å². The summed E-state index contributed by atoms with van der Waals surface area (Å²) in [6, 6.07) is 9.34. The lowest BCUT2D eigenvalue weighted by Crippen LogP contribution is -2.14. The highest BCUT2D eigenvalue weighted by molar-refractivity contribution is 7.93. The van der Waals surface area contributed by atoms with E-state index in [1.54, 1.807) is 0 Å². The number of hydrogen-bond donors (Lipinski definition) is 3. The molecule has 0 aliphatic heterocycles. The lowest BCUT2D eigenvalue weighted by molar-refractivity contribution is -0.138. The summed E-state index contributed by atoms with van der Waals surface area (Å²) in [6.07, 6.45) is -5.04. The number of sulfonamides is 1. The minimum Gasteiger partial charge on any atom is -0.481 e. The van der Waals surface area contributed by atoms with Crippen LogP contribution in [0.25, 0.3) is 10.6 Å². The first-order chi connectivity index (χ1) is 15.4. The van der Waals surface area contributed by atoms with E-state index in [2.05, 4.69) is 20.2 Å². The predicted molar refractivity (Wildman–Crippen MR) is 113 cm³/mol. The van der Waals surface area contributed by atoms with Gasteiger partial charge in [-0.15, -0.1) is 10.2 Å². The largest absolute Gasteiger partial charge is 0.481 e. The standard InChI is InChI=1S/C19H15F3N4O5S2/c20-19(21,22)12-3-1-11(2-4-12)17-24-25-18(32-17)26-33(30,31)14-7-5-13(6-8-14)23-15(27)9-10-16(28)29/h1-8H,9-10H2,(H,23,27)(H,25,26)(H,28,29). The lowest BCUT2D eigenvalue weighted by Gasteiger charge is -2.07. The summed E-state index contributed by atoms with van der Waals surface area (Å²) in [7, 11) is -4.06. The van der Waals surface area contributed by atoms with Crippen molar-refractivity contribution in [2.75, 3.05) is 10.0 Å². The molecule has 0 saturated carbocycles. The van der Waals surface area contributed by atoms with Crippen LogP contribution in [0.1, 0.15) is 18.4 Å². The summed E-state index contributed by atoms with van der Waals surface area (Å²) in [5.74, 6) is -1.65. The van der Waals surface area contributed by atoms with Crippen molar-refractivity contribution in [1.82, 2.24) is 10.2 Å². The minimum absolute atomic E-state index is 0.0871. The van der Waals surface area contributed by atoms with Gasteiger partial charge in [0.25, 0.3) is 10.0 Å². The molecule has 1 amide bonds. The van der Waals surface area contributed by atoms with Crippen LogP contribution < -0.4 is 10.0 Å². The van der Waals surface area contributed by atoms with Crippen molar-refractivity contribution < 1.29 is 36.3 Å². The summed E-state index contributed by atoms with van der Waals surface area (Å²) in [6.45, 7) is 0. The molecule has 0 spiro atoms. The summed E-state index contributed by atoms with van der Waals surface area (Å²) in [4.78, 5) is 22.0. The van der Waals surface area contributed by atoms with Crippen LogP contribution in [0.2, 0.25) is 0 Å². The molecule has 0 saturated heterocycles. The SMILES string of the molecule is O=C(O)CCC(=O)Nc1ccc(S(=O)(=O)Nc2nnc(-c3ccc(C(F)(F)F)cc3)s2)cc1. The van der Waals surface area contributed by atoms with Crippen molar-refractivity contribution in [3.63, 3.8) is 0 Å². The molecule has 3 rings (SSSR count). The van der Waals surface area contributed by atoms with Crippen molar-refractivity contribution in [3.8, 4) is 10.6 Å². The van der Waals surface area contributed by atoms with Gasteiger partial charge in [-0.1, -0.05) is 23.5 Å². The molecule has 0 unspecified atom stereocenters. The summed E-state index contributed by atoms with van der Waals surface area (Å²) >= 11 is 0.841. The molecular weight excluding hydrogens is 485 g/mol. The number of rotatable bonds is 8. The first kappa shape index (κ1) is 24.1. The highest BCUT2D eigenvalue weighted by Gasteiger charge is 2.30. The Hall–Kier alpha value is -3.52. The Morgan fingerprint density at radius 3 is 2.18 bits per heavy atom. The van der Waals surface area contributed by atoms with Crippen LogP contribution in [0, 0.1) is 0 Å². The van der Waals surface area contributed by atoms with E-state index in [9.17, 15) is 31.2 Å². The number of halogens is 3. The average molecular weight is 500 g/mol. The maximum atomic E-state index is 12.7. The third kappa shape index (κ3) is 6.49. The second-order valence-corrected chi connectivity index (χ2v) is 9.22. The lowest BCUT2D eigenvalue weighted by atomic mass is 10.1. The summed E-state index contributed by atoms with van der Waals surface area (Å²) in [5.41, 5.74) is -0.197. The minimum atomic E-state index is -4.47. The number of carbonyl (C=O) groups is 2. The third-order valence-electron chi connectivity index (χ3n) is 4.12. The van der Waals surface area contributed by atoms with Crippen LogP contribution in [0.3, 0.4) is 0 Å². The van der Waals surface area contributed by atoms with E-state index >= 15 is 0 Å². The number of carboxylic acids is 1. The Labute approximate surface area is 189 Å². The second-order valence-electron chi connectivity index (χ2n) is 6.56. The van der Waals surface area contributed by atoms with Gasteiger partial charge in [0.2, 0.25) is 11.0 Å². The van der Waals surface area contributed by atoms with Crippen LogP contribution >= 0.6 is 11.3 Å². The third-order valence-corrected chi connectivity index (χ3v) is 6.49. The zero-order valence-electron chi connectivity index (χ0n) is 16.5. The topological polar surface area (TPSA) is 138 Å². The Balaban J connectivity index is 1.67. The second kappa shape index (κ2) is 9.54. The van der Waals surface area contributed by atoms with Gasteiger partial charge in [0.15, 0.2) is 0 Å². The van der Waals surface area contributed by atoms with Gasteiger partial charge in [-0.05, 0) is 36.4 Å². The molecule has 0 fully saturated rings. The normalized spacial score (nSPS) is 11.7. The molecule has 0 aliphatic rings. The van der Waals surface area contributed by atoms with Gasteiger partial charge in [-0.25, -0.2) is 8.42 Å². The molecule has 0 atom stereocenters. The smallest absolute Gasteiger partial charge is 0.416 e. The number of anilines is 2. The average Bonchev–Trinajstić information content (AvgIpc) is 3.20. The Morgan fingerprint density at radius 2 is 1.61 bits per heavy atom. The maximum absolute atomic E-state index is 12.7. The number of carboxylic acid groups (broad SMARTS) is 1. The Bertz CT molecular complexity index is 1260. The quantitative estimate of drug-likeness (QED) is 0.427. The number of alkyl halides is 3. The van der Waals surface area contributed by atoms with Gasteiger partial charge in [-0.3, -0.25) is 14.3 Å². The summed E-state index contributed by atoms with van der Waals surface area (Å²) < 4.78 is 65.4. The molecule has 3 aromatic rings. The number of benzene rings is 2. The first-order valence-electron chi connectivity index (χ1n) is 9.10. The molecular formula is C19H15F3N4O5S2. The van der Waals surface area contributed by atoms with Crippen LogP contribution in [0.4, 0.5) is 24.0 Å². The molecule has 33 heavy (non-hydrogen) atoms. The van der Waals surface area contributed by atoms with Crippen LogP contribution in [0.15, 0.2) is 53.4 Å². The molecule has 2 aromatic carbocycles. The number of nitrogens with zero attached hydrogens (tertiary/aromatic N) is 2. The Morgan fingerprint density at radius 1 is 0.970 bits per heavy atom. The van der Waals surface area contributed by atoms with Crippen molar-refractivity contribution in [2.45, 2.75) is 23.9 Å². The molecule has 9 nitrogen and oxygen atoms in total. The zero-order chi connectivity index (χ0) is 24.2. The molecule has 0 aliphatic carbocycles. The fourth-order valence-corrected chi connectivity index (χ4v) is 4.50. The van der Waals surface area contributed by atoms with E-state index in [-0.39, 0.29) is 33.6 Å². The zero-order valence-corrected chi connectivity index (χ0v) is 18.1. The highest BCUT2D eigenvalue weighted by Crippen LogP contribution is 2.32. The fraction of sp³-hybridized carbons (Fsp3) is 0.158. The number of amides is 1. The number of aromatic nitrogens is 2. The number of carbonyl (C=O) groups excluding carboxylic acids is 1. The van der Waals surface area contributed by atoms with Crippen molar-refractivity contribution >= 4 is 44.1 Å². The Kier molecular flexibility index (Phi) is 6.98. The number of aliphatic carboxylic acids is 1. The van der Waals surface area contributed by atoms with Gasteiger partial charge < -0.3 is 10.4 Å². The molecule has 0 bridgehead atoms. The van der Waals surface area contributed by atoms with Crippen molar-refractivity contribution in [1.29, 1.82) is 0 Å². The van der Waals surface area contributed by atoms with Crippen LogP contribution in [-0.4, -0.2) is 35.6 Å². The highest BCUT2D eigenvalue weighted by atomic mass is 32.2. The van der Waals surface area contributed by atoms with Crippen LogP contribution in [0.5, 0.6) is 0 Å². The van der Waals surface area contributed by atoms with E-state index < -0.39 is 33.6 Å². The van der Waals surface area contributed by atoms with Gasteiger partial charge in [0, 0.05) is 17.7 Å². The van der Waals surface area contributed by atoms with Gasteiger partial charge in [0.05, 0.1) is 16.9 Å². The predicted octanol–water partition coefficient (Wildman–Crippen LogP) is 3.83. The molecule has 1 heterocycles. The van der Waals surface area contributed by atoms with E-state index in [4.69, 9.17) is 5.11 Å². The van der Waals surface area contributed by atoms with Gasteiger partial charge in [-0.2, -0.15) is 13.2 Å². The van der Waals surface area contributed by atoms with E-state index in [0.29, 0.717) is 5.56 Å².